The summed E-state index contributed by atoms with van der Waals surface area (Å²) in [5, 5.41) is 4.53. The molecule has 0 bridgehead atoms. The van der Waals surface area contributed by atoms with Gasteiger partial charge < -0.3 is 5.32 Å². The quantitative estimate of drug-likeness (QED) is 0.623. The van der Waals surface area contributed by atoms with Crippen LogP contribution in [0, 0.1) is 6.92 Å². The van der Waals surface area contributed by atoms with Gasteiger partial charge in [0, 0.05) is 4.88 Å². The number of rotatable bonds is 2. The number of thiophene rings is 1. The molecule has 0 saturated heterocycles. The first-order valence-corrected chi connectivity index (χ1v) is 3.47. The zero-order valence-corrected chi connectivity index (χ0v) is 5.87. The van der Waals surface area contributed by atoms with Gasteiger partial charge in [-0.1, -0.05) is 0 Å². The van der Waals surface area contributed by atoms with Crippen molar-refractivity contribution in [2.45, 2.75) is 6.92 Å². The molecule has 1 amide bonds. The van der Waals surface area contributed by atoms with Gasteiger partial charge in [-0.2, -0.15) is 0 Å². The van der Waals surface area contributed by atoms with E-state index in [1.54, 1.807) is 11.3 Å². The molecule has 1 aromatic heterocycles. The highest BCUT2D eigenvalue weighted by Crippen LogP contribution is 2.19. The molecule has 0 radical (unpaired) electrons. The van der Waals surface area contributed by atoms with Crippen molar-refractivity contribution in [1.29, 1.82) is 0 Å². The molecular formula is C6H7NOS. The molecule has 48 valence electrons. The summed E-state index contributed by atoms with van der Waals surface area (Å²) in [4.78, 5) is 11.1. The minimum atomic E-state index is 0.690. The molecule has 2 nitrogen and oxygen atoms in total. The Labute approximate surface area is 57.5 Å². The third-order valence-corrected chi connectivity index (χ3v) is 1.92. The van der Waals surface area contributed by atoms with Crippen LogP contribution in [0.3, 0.4) is 0 Å². The summed E-state index contributed by atoms with van der Waals surface area (Å²) in [7, 11) is 0. The SMILES string of the molecule is Cc1sccc1NC=O. The third kappa shape index (κ3) is 1.29. The number of hydrogen-bond acceptors (Lipinski definition) is 2. The second kappa shape index (κ2) is 2.64. The van der Waals surface area contributed by atoms with E-state index in [1.807, 2.05) is 18.4 Å². The Morgan fingerprint density at radius 3 is 3.00 bits per heavy atom. The maximum Gasteiger partial charge on any atom is 0.211 e. The maximum absolute atomic E-state index is 9.92. The predicted molar refractivity (Wildman–Crippen MR) is 38.7 cm³/mol. The van der Waals surface area contributed by atoms with Crippen LogP contribution in [0.5, 0.6) is 0 Å². The molecule has 9 heavy (non-hydrogen) atoms. The van der Waals surface area contributed by atoms with Gasteiger partial charge in [-0.15, -0.1) is 11.3 Å². The molecule has 0 aliphatic heterocycles. The smallest absolute Gasteiger partial charge is 0.211 e. The highest BCUT2D eigenvalue weighted by Gasteiger charge is 1.94. The number of hydrogen-bond donors (Lipinski definition) is 1. The molecule has 0 aliphatic carbocycles. The van der Waals surface area contributed by atoms with Gasteiger partial charge in [0.25, 0.3) is 0 Å². The van der Waals surface area contributed by atoms with E-state index in [4.69, 9.17) is 0 Å². The molecular weight excluding hydrogens is 134 g/mol. The van der Waals surface area contributed by atoms with Crippen LogP contribution in [0.1, 0.15) is 4.88 Å². The van der Waals surface area contributed by atoms with Gasteiger partial charge in [0.15, 0.2) is 0 Å². The standard InChI is InChI=1S/C6H7NOS/c1-5-6(7-4-8)2-3-9-5/h2-4H,1H3,(H,7,8). The summed E-state index contributed by atoms with van der Waals surface area (Å²) < 4.78 is 0. The Bertz CT molecular complexity index is 207. The molecule has 0 atom stereocenters. The van der Waals surface area contributed by atoms with Crippen LogP contribution in [0.25, 0.3) is 0 Å². The van der Waals surface area contributed by atoms with Crippen LogP contribution < -0.4 is 5.32 Å². The molecule has 0 saturated carbocycles. The van der Waals surface area contributed by atoms with Crippen LogP contribution in [0.15, 0.2) is 11.4 Å². The fourth-order valence-corrected chi connectivity index (χ4v) is 1.26. The first kappa shape index (κ1) is 6.29. The Balaban J connectivity index is 2.80. The topological polar surface area (TPSA) is 29.1 Å². The summed E-state index contributed by atoms with van der Waals surface area (Å²) in [5.74, 6) is 0. The van der Waals surface area contributed by atoms with Crippen LogP contribution in [0.4, 0.5) is 5.69 Å². The van der Waals surface area contributed by atoms with Crippen molar-refractivity contribution in [2.24, 2.45) is 0 Å². The monoisotopic (exact) mass is 141 g/mol. The van der Waals surface area contributed by atoms with E-state index in [0.717, 1.165) is 10.6 Å². The molecule has 1 rings (SSSR count). The molecule has 0 aliphatic rings. The van der Waals surface area contributed by atoms with Gasteiger partial charge in [-0.25, -0.2) is 0 Å². The first-order valence-electron chi connectivity index (χ1n) is 2.59. The Kier molecular flexibility index (Phi) is 1.85. The zero-order chi connectivity index (χ0) is 6.69. The van der Waals surface area contributed by atoms with Crippen molar-refractivity contribution < 1.29 is 4.79 Å². The van der Waals surface area contributed by atoms with Crippen LogP contribution in [-0.2, 0) is 4.79 Å². The highest BCUT2D eigenvalue weighted by molar-refractivity contribution is 7.10. The van der Waals surface area contributed by atoms with Gasteiger partial charge in [0.05, 0.1) is 5.69 Å². The van der Waals surface area contributed by atoms with E-state index < -0.39 is 0 Å². The lowest BCUT2D eigenvalue weighted by atomic mass is 10.4. The van der Waals surface area contributed by atoms with Gasteiger partial charge in [0.1, 0.15) is 0 Å². The summed E-state index contributed by atoms with van der Waals surface area (Å²) >= 11 is 1.62. The summed E-state index contributed by atoms with van der Waals surface area (Å²) in [6.07, 6.45) is 0.690. The molecule has 0 spiro atoms. The summed E-state index contributed by atoms with van der Waals surface area (Å²) in [5.41, 5.74) is 0.912. The zero-order valence-electron chi connectivity index (χ0n) is 5.05. The van der Waals surface area contributed by atoms with Crippen LogP contribution >= 0.6 is 11.3 Å². The molecule has 1 heterocycles. The lowest BCUT2D eigenvalue weighted by molar-refractivity contribution is -0.105. The Morgan fingerprint density at radius 1 is 1.78 bits per heavy atom. The third-order valence-electron chi connectivity index (χ3n) is 1.07. The maximum atomic E-state index is 9.92. The normalized spacial score (nSPS) is 9.00. The fraction of sp³-hybridized carbons (Fsp3) is 0.167. The second-order valence-electron chi connectivity index (χ2n) is 1.65. The number of carbonyl (C=O) groups is 1. The first-order chi connectivity index (χ1) is 4.34. The van der Waals surface area contributed by atoms with E-state index in [0.29, 0.717) is 6.41 Å². The number of carbonyl (C=O) groups excluding carboxylic acids is 1. The molecule has 1 N–H and O–H groups in total. The van der Waals surface area contributed by atoms with Gasteiger partial charge in [0.2, 0.25) is 6.41 Å². The summed E-state index contributed by atoms with van der Waals surface area (Å²) in [6.45, 7) is 1.97. The number of amides is 1. The average molecular weight is 141 g/mol. The number of nitrogens with one attached hydrogen (secondary N) is 1. The second-order valence-corrected chi connectivity index (χ2v) is 2.77. The minimum Gasteiger partial charge on any atom is -0.328 e. The van der Waals surface area contributed by atoms with E-state index in [9.17, 15) is 4.79 Å². The van der Waals surface area contributed by atoms with E-state index in [1.165, 1.54) is 0 Å². The van der Waals surface area contributed by atoms with Crippen molar-refractivity contribution in [3.8, 4) is 0 Å². The molecule has 3 heteroatoms. The van der Waals surface area contributed by atoms with Crippen molar-refractivity contribution in [3.63, 3.8) is 0 Å². The van der Waals surface area contributed by atoms with E-state index in [2.05, 4.69) is 5.32 Å². The van der Waals surface area contributed by atoms with Crippen molar-refractivity contribution in [3.05, 3.63) is 16.3 Å². The summed E-state index contributed by atoms with van der Waals surface area (Å²) in [6, 6.07) is 1.88. The Morgan fingerprint density at radius 2 is 2.56 bits per heavy atom. The van der Waals surface area contributed by atoms with Crippen molar-refractivity contribution in [1.82, 2.24) is 0 Å². The van der Waals surface area contributed by atoms with Crippen molar-refractivity contribution in [2.75, 3.05) is 5.32 Å². The Hall–Kier alpha value is -0.830. The number of anilines is 1. The van der Waals surface area contributed by atoms with Gasteiger partial charge in [-0.05, 0) is 18.4 Å². The lowest BCUT2D eigenvalue weighted by Crippen LogP contribution is -1.91. The van der Waals surface area contributed by atoms with E-state index in [-0.39, 0.29) is 0 Å². The predicted octanol–water partition coefficient (Wildman–Crippen LogP) is 1.62. The molecule has 0 unspecified atom stereocenters. The van der Waals surface area contributed by atoms with Crippen LogP contribution in [-0.4, -0.2) is 6.41 Å². The fourth-order valence-electron chi connectivity index (χ4n) is 0.598. The van der Waals surface area contributed by atoms with Crippen LogP contribution in [0.2, 0.25) is 0 Å². The van der Waals surface area contributed by atoms with Gasteiger partial charge >= 0.3 is 0 Å². The molecule has 0 fully saturated rings. The average Bonchev–Trinajstić information content (AvgIpc) is 2.18. The molecule has 1 aromatic rings. The highest BCUT2D eigenvalue weighted by atomic mass is 32.1. The number of aryl methyl sites for hydroxylation is 1. The minimum absolute atomic E-state index is 0.690. The van der Waals surface area contributed by atoms with Crippen molar-refractivity contribution >= 4 is 23.4 Å². The largest absolute Gasteiger partial charge is 0.328 e. The molecule has 0 aromatic carbocycles. The lowest BCUT2D eigenvalue weighted by Gasteiger charge is -1.91. The van der Waals surface area contributed by atoms with Gasteiger partial charge in [-0.3, -0.25) is 4.79 Å². The van der Waals surface area contributed by atoms with E-state index >= 15 is 0 Å².